The average molecular weight is 144 g/mol. The van der Waals surface area contributed by atoms with Gasteiger partial charge in [0.15, 0.2) is 5.79 Å². The van der Waals surface area contributed by atoms with E-state index in [1.165, 1.54) is 0 Å². The van der Waals surface area contributed by atoms with Gasteiger partial charge in [-0.15, -0.1) is 0 Å². The minimum atomic E-state index is -0.959. The molecule has 0 aromatic carbocycles. The fraction of sp³-hybridized carbons (Fsp3) is 0.750. The lowest BCUT2D eigenvalue weighted by molar-refractivity contribution is -0.183. The Kier molecular flexibility index (Phi) is 4.32. The molecule has 0 radical (unpaired) electrons. The summed E-state index contributed by atoms with van der Waals surface area (Å²) in [4.78, 5) is 0. The van der Waals surface area contributed by atoms with Gasteiger partial charge in [-0.1, -0.05) is 19.1 Å². The standard InChI is InChI=1S/C8H16O2/c1-4-6-7-10-8(3,9)5-2/h4,6,9H,5,7H2,1-3H3. The molecule has 0 amide bonds. The van der Waals surface area contributed by atoms with E-state index in [1.54, 1.807) is 6.92 Å². The third-order valence-electron chi connectivity index (χ3n) is 1.38. The SMILES string of the molecule is CC=CCOC(C)(O)CC. The number of hydrogen-bond donors (Lipinski definition) is 1. The van der Waals surface area contributed by atoms with Crippen molar-refractivity contribution < 1.29 is 9.84 Å². The van der Waals surface area contributed by atoms with E-state index in [9.17, 15) is 5.11 Å². The highest BCUT2D eigenvalue weighted by atomic mass is 16.6. The lowest BCUT2D eigenvalue weighted by atomic mass is 10.2. The summed E-state index contributed by atoms with van der Waals surface area (Å²) in [5.41, 5.74) is 0. The van der Waals surface area contributed by atoms with Crippen molar-refractivity contribution in [2.24, 2.45) is 0 Å². The van der Waals surface area contributed by atoms with Crippen LogP contribution in [-0.2, 0) is 4.74 Å². The van der Waals surface area contributed by atoms with E-state index in [1.807, 2.05) is 26.0 Å². The summed E-state index contributed by atoms with van der Waals surface area (Å²) in [7, 11) is 0. The van der Waals surface area contributed by atoms with Crippen molar-refractivity contribution in [1.82, 2.24) is 0 Å². The average Bonchev–Trinajstić information content (AvgIpc) is 1.89. The predicted octanol–water partition coefficient (Wildman–Crippen LogP) is 1.70. The molecular weight excluding hydrogens is 128 g/mol. The minimum Gasteiger partial charge on any atom is -0.366 e. The Morgan fingerprint density at radius 3 is 2.60 bits per heavy atom. The van der Waals surface area contributed by atoms with Crippen LogP contribution in [-0.4, -0.2) is 17.5 Å². The molecule has 0 aliphatic heterocycles. The second kappa shape index (κ2) is 4.47. The molecular formula is C8H16O2. The maximum atomic E-state index is 9.29. The van der Waals surface area contributed by atoms with Crippen LogP contribution in [0.1, 0.15) is 27.2 Å². The van der Waals surface area contributed by atoms with E-state index in [0.717, 1.165) is 0 Å². The number of hydrogen-bond acceptors (Lipinski definition) is 2. The molecule has 0 saturated heterocycles. The van der Waals surface area contributed by atoms with Gasteiger partial charge in [-0.25, -0.2) is 0 Å². The highest BCUT2D eigenvalue weighted by Gasteiger charge is 2.15. The van der Waals surface area contributed by atoms with Crippen LogP contribution in [0.3, 0.4) is 0 Å². The van der Waals surface area contributed by atoms with Crippen LogP contribution >= 0.6 is 0 Å². The van der Waals surface area contributed by atoms with E-state index in [-0.39, 0.29) is 0 Å². The number of allylic oxidation sites excluding steroid dienone is 1. The lowest BCUT2D eigenvalue weighted by Crippen LogP contribution is -2.26. The molecule has 0 fully saturated rings. The summed E-state index contributed by atoms with van der Waals surface area (Å²) in [6.07, 6.45) is 4.38. The van der Waals surface area contributed by atoms with Crippen LogP contribution in [0.25, 0.3) is 0 Å². The van der Waals surface area contributed by atoms with Crippen LogP contribution in [0.5, 0.6) is 0 Å². The van der Waals surface area contributed by atoms with Crippen LogP contribution < -0.4 is 0 Å². The summed E-state index contributed by atoms with van der Waals surface area (Å²) in [6, 6.07) is 0. The Morgan fingerprint density at radius 2 is 2.20 bits per heavy atom. The maximum Gasteiger partial charge on any atom is 0.162 e. The third-order valence-corrected chi connectivity index (χ3v) is 1.38. The van der Waals surface area contributed by atoms with Crippen LogP contribution in [0.15, 0.2) is 12.2 Å². The topological polar surface area (TPSA) is 29.5 Å². The van der Waals surface area contributed by atoms with Crippen molar-refractivity contribution in [3.05, 3.63) is 12.2 Å². The molecule has 1 unspecified atom stereocenters. The Labute approximate surface area is 62.5 Å². The van der Waals surface area contributed by atoms with Gasteiger partial charge in [0.1, 0.15) is 0 Å². The van der Waals surface area contributed by atoms with E-state index in [0.29, 0.717) is 13.0 Å². The largest absolute Gasteiger partial charge is 0.366 e. The molecule has 0 spiro atoms. The van der Waals surface area contributed by atoms with Crippen molar-refractivity contribution in [3.8, 4) is 0 Å². The van der Waals surface area contributed by atoms with Gasteiger partial charge < -0.3 is 9.84 Å². The molecule has 10 heavy (non-hydrogen) atoms. The zero-order chi connectivity index (χ0) is 8.04. The fourth-order valence-electron chi connectivity index (χ4n) is 0.426. The molecule has 0 aliphatic rings. The highest BCUT2D eigenvalue weighted by Crippen LogP contribution is 2.09. The first-order chi connectivity index (χ1) is 4.62. The molecule has 60 valence electrons. The minimum absolute atomic E-state index is 0.483. The van der Waals surface area contributed by atoms with Gasteiger partial charge in [-0.05, 0) is 20.3 Å². The first kappa shape index (κ1) is 9.66. The summed E-state index contributed by atoms with van der Waals surface area (Å²) in [5, 5.41) is 9.29. The van der Waals surface area contributed by atoms with Gasteiger partial charge in [0.05, 0.1) is 6.61 Å². The van der Waals surface area contributed by atoms with E-state index in [2.05, 4.69) is 0 Å². The third kappa shape index (κ3) is 4.53. The van der Waals surface area contributed by atoms with Gasteiger partial charge in [0, 0.05) is 0 Å². The number of rotatable bonds is 4. The highest BCUT2D eigenvalue weighted by molar-refractivity contribution is 4.77. The first-order valence-corrected chi connectivity index (χ1v) is 3.60. The van der Waals surface area contributed by atoms with Gasteiger partial charge in [-0.2, -0.15) is 0 Å². The van der Waals surface area contributed by atoms with Gasteiger partial charge in [0.25, 0.3) is 0 Å². The quantitative estimate of drug-likeness (QED) is 0.480. The maximum absolute atomic E-state index is 9.29. The summed E-state index contributed by atoms with van der Waals surface area (Å²) in [5.74, 6) is -0.959. The Morgan fingerprint density at radius 1 is 1.60 bits per heavy atom. The molecule has 1 atom stereocenters. The summed E-state index contributed by atoms with van der Waals surface area (Å²) < 4.78 is 5.09. The molecule has 0 aromatic rings. The first-order valence-electron chi connectivity index (χ1n) is 3.60. The Balaban J connectivity index is 3.46. The van der Waals surface area contributed by atoms with Gasteiger partial charge >= 0.3 is 0 Å². The second-order valence-electron chi connectivity index (χ2n) is 2.41. The molecule has 0 heterocycles. The number of ether oxygens (including phenoxy) is 1. The van der Waals surface area contributed by atoms with Crippen molar-refractivity contribution >= 4 is 0 Å². The van der Waals surface area contributed by atoms with Crippen molar-refractivity contribution in [1.29, 1.82) is 0 Å². The zero-order valence-electron chi connectivity index (χ0n) is 6.92. The molecule has 0 aliphatic carbocycles. The monoisotopic (exact) mass is 144 g/mol. The molecule has 0 aromatic heterocycles. The molecule has 0 saturated carbocycles. The van der Waals surface area contributed by atoms with Crippen molar-refractivity contribution in [2.45, 2.75) is 33.0 Å². The molecule has 1 N–H and O–H groups in total. The van der Waals surface area contributed by atoms with E-state index in [4.69, 9.17) is 4.74 Å². The number of aliphatic hydroxyl groups is 1. The zero-order valence-corrected chi connectivity index (χ0v) is 6.92. The molecule has 2 heteroatoms. The van der Waals surface area contributed by atoms with E-state index < -0.39 is 5.79 Å². The second-order valence-corrected chi connectivity index (χ2v) is 2.41. The molecule has 2 nitrogen and oxygen atoms in total. The Hall–Kier alpha value is -0.340. The van der Waals surface area contributed by atoms with E-state index >= 15 is 0 Å². The van der Waals surface area contributed by atoms with Crippen LogP contribution in [0, 0.1) is 0 Å². The molecule has 0 bridgehead atoms. The normalized spacial score (nSPS) is 17.6. The smallest absolute Gasteiger partial charge is 0.162 e. The summed E-state index contributed by atoms with van der Waals surface area (Å²) in [6.45, 7) is 5.95. The van der Waals surface area contributed by atoms with Crippen molar-refractivity contribution in [2.75, 3.05) is 6.61 Å². The fourth-order valence-corrected chi connectivity index (χ4v) is 0.426. The van der Waals surface area contributed by atoms with Crippen LogP contribution in [0.2, 0.25) is 0 Å². The predicted molar refractivity (Wildman–Crippen MR) is 41.7 cm³/mol. The lowest BCUT2D eigenvalue weighted by Gasteiger charge is -2.20. The van der Waals surface area contributed by atoms with Crippen LogP contribution in [0.4, 0.5) is 0 Å². The summed E-state index contributed by atoms with van der Waals surface area (Å²) >= 11 is 0. The Bertz CT molecular complexity index is 106. The molecule has 0 rings (SSSR count). The van der Waals surface area contributed by atoms with Crippen molar-refractivity contribution in [3.63, 3.8) is 0 Å². The van der Waals surface area contributed by atoms with Gasteiger partial charge in [-0.3, -0.25) is 0 Å². The van der Waals surface area contributed by atoms with Gasteiger partial charge in [0.2, 0.25) is 0 Å².